The lowest BCUT2D eigenvalue weighted by Gasteiger charge is -2.10. The van der Waals surface area contributed by atoms with Crippen LogP contribution in [-0.4, -0.2) is 16.4 Å². The average molecular weight is 361 g/mol. The summed E-state index contributed by atoms with van der Waals surface area (Å²) >= 11 is 6.06. The number of amides is 1. The molecule has 2 aromatic carbocycles. The summed E-state index contributed by atoms with van der Waals surface area (Å²) in [5, 5.41) is 3.42. The number of esters is 1. The van der Waals surface area contributed by atoms with E-state index in [-0.39, 0.29) is 16.5 Å². The molecule has 0 atom stereocenters. The quantitative estimate of drug-likeness (QED) is 0.564. The Morgan fingerprint density at radius 3 is 2.68 bits per heavy atom. The molecule has 0 radical (unpaired) electrons. The number of aromatic nitrogens is 1. The summed E-state index contributed by atoms with van der Waals surface area (Å²) in [6.07, 6.45) is 1.69. The molecule has 0 spiro atoms. The molecule has 0 saturated heterocycles. The summed E-state index contributed by atoms with van der Waals surface area (Å²) in [7, 11) is 1.83. The van der Waals surface area contributed by atoms with Crippen LogP contribution < -0.4 is 10.1 Å². The zero-order chi connectivity index (χ0) is 18.1. The lowest BCUT2D eigenvalue weighted by Crippen LogP contribution is -2.12. The number of nitrogens with zero attached hydrogens (tertiary/aromatic N) is 1. The maximum Gasteiger partial charge on any atom is 0.308 e. The minimum Gasteiger partial charge on any atom is -0.424 e. The van der Waals surface area contributed by atoms with Gasteiger partial charge in [-0.2, -0.15) is 0 Å². The number of rotatable bonds is 3. The molecule has 1 aromatic heterocycles. The zero-order valence-electron chi connectivity index (χ0n) is 13.5. The standard InChI is InChI=1S/C18H14ClFN2O3/c1-10(23)25-17-7-13(19)15(8-14(17)20)21-18(24)12-9-22(2)16-6-4-3-5-11(12)16/h3-9H,1-2H3,(H,21,24). The van der Waals surface area contributed by atoms with E-state index in [1.54, 1.807) is 6.20 Å². The second kappa shape index (κ2) is 6.57. The maximum atomic E-state index is 14.0. The molecule has 0 unspecified atom stereocenters. The Labute approximate surface area is 148 Å². The van der Waals surface area contributed by atoms with E-state index in [1.807, 2.05) is 35.9 Å². The molecule has 3 aromatic rings. The monoisotopic (exact) mass is 360 g/mol. The summed E-state index contributed by atoms with van der Waals surface area (Å²) in [6.45, 7) is 1.16. The van der Waals surface area contributed by atoms with Gasteiger partial charge in [0.05, 0.1) is 16.3 Å². The van der Waals surface area contributed by atoms with Crippen molar-refractivity contribution in [2.45, 2.75) is 6.92 Å². The van der Waals surface area contributed by atoms with Crippen LogP contribution in [0.3, 0.4) is 0 Å². The molecule has 25 heavy (non-hydrogen) atoms. The number of para-hydroxylation sites is 1. The first-order valence-electron chi connectivity index (χ1n) is 7.39. The molecule has 3 rings (SSSR count). The number of anilines is 1. The number of fused-ring (bicyclic) bond motifs is 1. The van der Waals surface area contributed by atoms with Gasteiger partial charge in [-0.15, -0.1) is 0 Å². The summed E-state index contributed by atoms with van der Waals surface area (Å²) in [4.78, 5) is 23.5. The largest absolute Gasteiger partial charge is 0.424 e. The molecule has 0 aliphatic heterocycles. The number of nitrogens with one attached hydrogen (secondary N) is 1. The third kappa shape index (κ3) is 3.34. The van der Waals surface area contributed by atoms with E-state index >= 15 is 0 Å². The number of carbonyl (C=O) groups excluding carboxylic acids is 2. The molecule has 1 heterocycles. The summed E-state index contributed by atoms with van der Waals surface area (Å²) in [6, 6.07) is 9.60. The molecule has 0 aliphatic rings. The highest BCUT2D eigenvalue weighted by molar-refractivity contribution is 6.34. The van der Waals surface area contributed by atoms with E-state index in [4.69, 9.17) is 16.3 Å². The molecule has 1 amide bonds. The second-order valence-electron chi connectivity index (χ2n) is 5.48. The molecular weight excluding hydrogens is 347 g/mol. The number of halogens is 2. The van der Waals surface area contributed by atoms with Crippen LogP contribution >= 0.6 is 11.6 Å². The van der Waals surface area contributed by atoms with Crippen molar-refractivity contribution in [1.29, 1.82) is 0 Å². The second-order valence-corrected chi connectivity index (χ2v) is 5.89. The van der Waals surface area contributed by atoms with E-state index in [9.17, 15) is 14.0 Å². The van der Waals surface area contributed by atoms with Crippen molar-refractivity contribution in [2.75, 3.05) is 5.32 Å². The molecule has 128 valence electrons. The van der Waals surface area contributed by atoms with Gasteiger partial charge in [0.25, 0.3) is 5.91 Å². The fraction of sp³-hybridized carbons (Fsp3) is 0.111. The Balaban J connectivity index is 1.93. The van der Waals surface area contributed by atoms with E-state index in [0.717, 1.165) is 30.0 Å². The van der Waals surface area contributed by atoms with E-state index in [2.05, 4.69) is 5.32 Å². The van der Waals surface area contributed by atoms with Crippen molar-refractivity contribution in [3.63, 3.8) is 0 Å². The Bertz CT molecular complexity index is 997. The summed E-state index contributed by atoms with van der Waals surface area (Å²) < 4.78 is 20.6. The molecule has 0 fully saturated rings. The minimum absolute atomic E-state index is 0.0613. The topological polar surface area (TPSA) is 60.3 Å². The van der Waals surface area contributed by atoms with Crippen molar-refractivity contribution in [2.24, 2.45) is 7.05 Å². The minimum atomic E-state index is -0.798. The van der Waals surface area contributed by atoms with Crippen LogP contribution in [0.2, 0.25) is 5.02 Å². The van der Waals surface area contributed by atoms with Gasteiger partial charge in [0.1, 0.15) is 0 Å². The van der Waals surface area contributed by atoms with Gasteiger partial charge < -0.3 is 14.6 Å². The molecule has 0 aliphatic carbocycles. The summed E-state index contributed by atoms with van der Waals surface area (Å²) in [5.74, 6) is -2.17. The third-order valence-electron chi connectivity index (χ3n) is 3.67. The van der Waals surface area contributed by atoms with Crippen LogP contribution in [0.15, 0.2) is 42.6 Å². The third-order valence-corrected chi connectivity index (χ3v) is 3.98. The number of carbonyl (C=O) groups is 2. The van der Waals surface area contributed by atoms with Crippen molar-refractivity contribution < 1.29 is 18.7 Å². The Morgan fingerprint density at radius 2 is 1.96 bits per heavy atom. The fourth-order valence-electron chi connectivity index (χ4n) is 2.57. The van der Waals surface area contributed by atoms with Crippen molar-refractivity contribution in [3.8, 4) is 5.75 Å². The molecule has 7 heteroatoms. The highest BCUT2D eigenvalue weighted by Gasteiger charge is 2.17. The average Bonchev–Trinajstić information content (AvgIpc) is 2.89. The maximum absolute atomic E-state index is 14.0. The molecular formula is C18H14ClFN2O3. The highest BCUT2D eigenvalue weighted by Crippen LogP contribution is 2.31. The van der Waals surface area contributed by atoms with Gasteiger partial charge in [0.15, 0.2) is 11.6 Å². The highest BCUT2D eigenvalue weighted by atomic mass is 35.5. The van der Waals surface area contributed by atoms with Gasteiger partial charge in [0.2, 0.25) is 0 Å². The van der Waals surface area contributed by atoms with Gasteiger partial charge in [-0.1, -0.05) is 29.8 Å². The number of ether oxygens (including phenoxy) is 1. The van der Waals surface area contributed by atoms with Gasteiger partial charge in [0, 0.05) is 43.2 Å². The number of benzene rings is 2. The van der Waals surface area contributed by atoms with Crippen LogP contribution in [0.5, 0.6) is 5.75 Å². The number of hydrogen-bond donors (Lipinski definition) is 1. The van der Waals surface area contributed by atoms with Crippen LogP contribution in [0.4, 0.5) is 10.1 Å². The van der Waals surface area contributed by atoms with Crippen LogP contribution in [0, 0.1) is 5.82 Å². The van der Waals surface area contributed by atoms with Gasteiger partial charge in [-0.05, 0) is 6.07 Å². The Hall–Kier alpha value is -2.86. The smallest absolute Gasteiger partial charge is 0.308 e. The van der Waals surface area contributed by atoms with Gasteiger partial charge in [-0.25, -0.2) is 4.39 Å². The zero-order valence-corrected chi connectivity index (χ0v) is 14.2. The molecule has 0 bridgehead atoms. The first-order chi connectivity index (χ1) is 11.9. The van der Waals surface area contributed by atoms with Crippen molar-refractivity contribution >= 4 is 40.1 Å². The Morgan fingerprint density at radius 1 is 1.24 bits per heavy atom. The SMILES string of the molecule is CC(=O)Oc1cc(Cl)c(NC(=O)c2cn(C)c3ccccc23)cc1F. The van der Waals surface area contributed by atoms with Crippen LogP contribution in [-0.2, 0) is 11.8 Å². The number of aryl methyl sites for hydroxylation is 1. The lowest BCUT2D eigenvalue weighted by atomic mass is 10.1. The van der Waals surface area contributed by atoms with Crippen LogP contribution in [0.25, 0.3) is 10.9 Å². The van der Waals surface area contributed by atoms with E-state index in [0.29, 0.717) is 5.56 Å². The normalized spacial score (nSPS) is 10.7. The van der Waals surface area contributed by atoms with Crippen LogP contribution in [0.1, 0.15) is 17.3 Å². The van der Waals surface area contributed by atoms with Gasteiger partial charge >= 0.3 is 5.97 Å². The number of hydrogen-bond acceptors (Lipinski definition) is 3. The van der Waals surface area contributed by atoms with Crippen molar-refractivity contribution in [3.05, 3.63) is 59.0 Å². The Kier molecular flexibility index (Phi) is 4.46. The predicted molar refractivity (Wildman–Crippen MR) is 93.6 cm³/mol. The van der Waals surface area contributed by atoms with Gasteiger partial charge in [-0.3, -0.25) is 9.59 Å². The van der Waals surface area contributed by atoms with E-state index in [1.165, 1.54) is 0 Å². The molecule has 5 nitrogen and oxygen atoms in total. The predicted octanol–water partition coefficient (Wildman–Crippen LogP) is 4.15. The van der Waals surface area contributed by atoms with E-state index < -0.39 is 17.7 Å². The molecule has 0 saturated carbocycles. The first kappa shape index (κ1) is 17.0. The lowest BCUT2D eigenvalue weighted by molar-refractivity contribution is -0.132. The first-order valence-corrected chi connectivity index (χ1v) is 7.77. The summed E-state index contributed by atoms with van der Waals surface area (Å²) in [5.41, 5.74) is 1.43. The molecule has 1 N–H and O–H groups in total. The fourth-order valence-corrected chi connectivity index (χ4v) is 2.77. The van der Waals surface area contributed by atoms with Crippen molar-refractivity contribution in [1.82, 2.24) is 4.57 Å².